The summed E-state index contributed by atoms with van der Waals surface area (Å²) in [5.41, 5.74) is 2.94. The predicted octanol–water partition coefficient (Wildman–Crippen LogP) is 3.59. The second-order valence-corrected chi connectivity index (χ2v) is 6.73. The summed E-state index contributed by atoms with van der Waals surface area (Å²) in [5, 5.41) is 3.05. The average molecular weight is 339 g/mol. The van der Waals surface area contributed by atoms with Crippen molar-refractivity contribution in [3.8, 4) is 17.3 Å². The van der Waals surface area contributed by atoms with E-state index in [9.17, 15) is 4.79 Å². The van der Waals surface area contributed by atoms with Crippen molar-refractivity contribution in [1.82, 2.24) is 15.3 Å². The number of ether oxygens (including phenoxy) is 1. The average Bonchev–Trinajstić information content (AvgIpc) is 2.61. The summed E-state index contributed by atoms with van der Waals surface area (Å²) in [6.07, 6.45) is 5.78. The van der Waals surface area contributed by atoms with E-state index in [0.29, 0.717) is 17.7 Å². The molecule has 0 atom stereocenters. The zero-order valence-corrected chi connectivity index (χ0v) is 14.9. The number of hydrogen-bond acceptors (Lipinski definition) is 4. The third-order valence-electron chi connectivity index (χ3n) is 4.46. The Morgan fingerprint density at radius 1 is 1.12 bits per heavy atom. The maximum Gasteiger partial charge on any atom is 0.258 e. The maximum absolute atomic E-state index is 12.1. The van der Waals surface area contributed by atoms with Gasteiger partial charge in [-0.2, -0.15) is 4.98 Å². The molecule has 1 amide bonds. The Labute approximate surface area is 148 Å². The van der Waals surface area contributed by atoms with Crippen LogP contribution in [0.3, 0.4) is 0 Å². The Kier molecular flexibility index (Phi) is 5.64. The van der Waals surface area contributed by atoms with E-state index in [2.05, 4.69) is 15.3 Å². The molecule has 0 unspecified atom stereocenters. The summed E-state index contributed by atoms with van der Waals surface area (Å²) >= 11 is 0. The van der Waals surface area contributed by atoms with Gasteiger partial charge in [0.2, 0.25) is 5.88 Å². The summed E-state index contributed by atoms with van der Waals surface area (Å²) in [6, 6.07) is 10.1. The lowest BCUT2D eigenvalue weighted by molar-refractivity contribution is -0.124. The highest BCUT2D eigenvalue weighted by molar-refractivity contribution is 5.77. The van der Waals surface area contributed by atoms with E-state index < -0.39 is 0 Å². The first-order valence-corrected chi connectivity index (χ1v) is 8.95. The van der Waals surface area contributed by atoms with Gasteiger partial charge in [-0.15, -0.1) is 0 Å². The molecule has 25 heavy (non-hydrogen) atoms. The van der Waals surface area contributed by atoms with Crippen LogP contribution in [0.4, 0.5) is 0 Å². The number of carbonyl (C=O) groups excluding carboxylic acids is 1. The van der Waals surface area contributed by atoms with E-state index in [1.54, 1.807) is 6.07 Å². The smallest absolute Gasteiger partial charge is 0.258 e. The molecule has 1 aromatic heterocycles. The van der Waals surface area contributed by atoms with E-state index in [1.807, 2.05) is 38.1 Å². The van der Waals surface area contributed by atoms with Crippen LogP contribution in [0.15, 0.2) is 30.3 Å². The van der Waals surface area contributed by atoms with Crippen LogP contribution in [0.25, 0.3) is 11.4 Å². The van der Waals surface area contributed by atoms with Crippen molar-refractivity contribution < 1.29 is 9.53 Å². The van der Waals surface area contributed by atoms with Crippen LogP contribution in [-0.2, 0) is 4.79 Å². The standard InChI is InChI=1S/C20H25N3O2/c1-14-8-10-16(11-9-14)20-21-15(2)12-19(23-20)25-13-18(24)22-17-6-4-3-5-7-17/h8-12,17H,3-7,13H2,1-2H3,(H,22,24). The van der Waals surface area contributed by atoms with Crippen LogP contribution < -0.4 is 10.1 Å². The van der Waals surface area contributed by atoms with Gasteiger partial charge in [0.25, 0.3) is 5.91 Å². The number of nitrogens with zero attached hydrogens (tertiary/aromatic N) is 2. The Bertz CT molecular complexity index is 722. The van der Waals surface area contributed by atoms with Gasteiger partial charge in [-0.05, 0) is 26.7 Å². The van der Waals surface area contributed by atoms with E-state index in [1.165, 1.54) is 24.8 Å². The second kappa shape index (κ2) is 8.10. The highest BCUT2D eigenvalue weighted by atomic mass is 16.5. The molecule has 1 aromatic carbocycles. The number of aryl methyl sites for hydroxylation is 2. The van der Waals surface area contributed by atoms with Crippen molar-refractivity contribution in [2.45, 2.75) is 52.0 Å². The minimum atomic E-state index is -0.0833. The van der Waals surface area contributed by atoms with Crippen LogP contribution >= 0.6 is 0 Å². The molecule has 5 nitrogen and oxygen atoms in total. The minimum absolute atomic E-state index is 0.0136. The second-order valence-electron chi connectivity index (χ2n) is 6.73. The monoisotopic (exact) mass is 339 g/mol. The molecule has 2 aromatic rings. The quantitative estimate of drug-likeness (QED) is 0.904. The van der Waals surface area contributed by atoms with Gasteiger partial charge in [-0.1, -0.05) is 49.1 Å². The Morgan fingerprint density at radius 2 is 1.84 bits per heavy atom. The van der Waals surface area contributed by atoms with Gasteiger partial charge < -0.3 is 10.1 Å². The first-order valence-electron chi connectivity index (χ1n) is 8.95. The first kappa shape index (κ1) is 17.4. The molecule has 1 N–H and O–H groups in total. The molecule has 1 fully saturated rings. The summed E-state index contributed by atoms with van der Waals surface area (Å²) in [6.45, 7) is 3.93. The molecule has 0 radical (unpaired) electrons. The molecule has 1 aliphatic rings. The van der Waals surface area contributed by atoms with Gasteiger partial charge in [0.1, 0.15) is 0 Å². The highest BCUT2D eigenvalue weighted by Gasteiger charge is 2.16. The fourth-order valence-electron chi connectivity index (χ4n) is 3.10. The largest absolute Gasteiger partial charge is 0.467 e. The van der Waals surface area contributed by atoms with Crippen molar-refractivity contribution in [1.29, 1.82) is 0 Å². The molecule has 0 saturated heterocycles. The van der Waals surface area contributed by atoms with Gasteiger partial charge in [-0.3, -0.25) is 4.79 Å². The Balaban J connectivity index is 1.62. The number of nitrogens with one attached hydrogen (secondary N) is 1. The number of hydrogen-bond donors (Lipinski definition) is 1. The molecule has 0 bridgehead atoms. The van der Waals surface area contributed by atoms with Gasteiger partial charge in [0.15, 0.2) is 12.4 Å². The third-order valence-corrected chi connectivity index (χ3v) is 4.46. The molecule has 1 aliphatic carbocycles. The predicted molar refractivity (Wildman–Crippen MR) is 97.5 cm³/mol. The number of benzene rings is 1. The van der Waals surface area contributed by atoms with Gasteiger partial charge in [-0.25, -0.2) is 4.98 Å². The fourth-order valence-corrected chi connectivity index (χ4v) is 3.10. The number of amides is 1. The third kappa shape index (κ3) is 5.02. The first-order chi connectivity index (χ1) is 12.1. The number of carbonyl (C=O) groups is 1. The zero-order valence-electron chi connectivity index (χ0n) is 14.9. The van der Waals surface area contributed by atoms with E-state index in [4.69, 9.17) is 4.74 Å². The maximum atomic E-state index is 12.1. The molecule has 1 heterocycles. The Morgan fingerprint density at radius 3 is 2.56 bits per heavy atom. The lowest BCUT2D eigenvalue weighted by atomic mass is 9.95. The number of rotatable bonds is 5. The SMILES string of the molecule is Cc1ccc(-c2nc(C)cc(OCC(=O)NC3CCCCC3)n2)cc1. The van der Waals surface area contributed by atoms with E-state index >= 15 is 0 Å². The lowest BCUT2D eigenvalue weighted by Crippen LogP contribution is -2.39. The van der Waals surface area contributed by atoms with Crippen molar-refractivity contribution in [3.05, 3.63) is 41.6 Å². The molecular weight excluding hydrogens is 314 g/mol. The topological polar surface area (TPSA) is 64.1 Å². The van der Waals surface area contributed by atoms with Crippen molar-refractivity contribution in [3.63, 3.8) is 0 Å². The van der Waals surface area contributed by atoms with Crippen LogP contribution in [0.5, 0.6) is 5.88 Å². The van der Waals surface area contributed by atoms with Gasteiger partial charge in [0, 0.05) is 23.4 Å². The molecule has 1 saturated carbocycles. The normalized spacial score (nSPS) is 15.0. The summed E-state index contributed by atoms with van der Waals surface area (Å²) in [7, 11) is 0. The summed E-state index contributed by atoms with van der Waals surface area (Å²) in [4.78, 5) is 21.0. The van der Waals surface area contributed by atoms with Crippen LogP contribution in [0, 0.1) is 13.8 Å². The van der Waals surface area contributed by atoms with Gasteiger partial charge in [0.05, 0.1) is 0 Å². The molecule has 5 heteroatoms. The fraction of sp³-hybridized carbons (Fsp3) is 0.450. The lowest BCUT2D eigenvalue weighted by Gasteiger charge is -2.22. The van der Waals surface area contributed by atoms with Crippen molar-refractivity contribution in [2.24, 2.45) is 0 Å². The number of aromatic nitrogens is 2. The van der Waals surface area contributed by atoms with E-state index in [0.717, 1.165) is 24.1 Å². The van der Waals surface area contributed by atoms with Crippen LogP contribution in [0.2, 0.25) is 0 Å². The molecule has 0 spiro atoms. The summed E-state index contributed by atoms with van der Waals surface area (Å²) in [5.74, 6) is 0.963. The van der Waals surface area contributed by atoms with Crippen molar-refractivity contribution in [2.75, 3.05) is 6.61 Å². The zero-order chi connectivity index (χ0) is 17.6. The van der Waals surface area contributed by atoms with E-state index in [-0.39, 0.29) is 12.5 Å². The highest BCUT2D eigenvalue weighted by Crippen LogP contribution is 2.20. The van der Waals surface area contributed by atoms with Gasteiger partial charge >= 0.3 is 0 Å². The molecular formula is C20H25N3O2. The van der Waals surface area contributed by atoms with Crippen LogP contribution in [-0.4, -0.2) is 28.5 Å². The minimum Gasteiger partial charge on any atom is -0.467 e. The Hall–Kier alpha value is -2.43. The summed E-state index contributed by atoms with van der Waals surface area (Å²) < 4.78 is 5.61. The molecule has 0 aliphatic heterocycles. The van der Waals surface area contributed by atoms with Crippen molar-refractivity contribution >= 4 is 5.91 Å². The van der Waals surface area contributed by atoms with Crippen LogP contribution in [0.1, 0.15) is 43.4 Å². The molecule has 132 valence electrons. The molecule has 3 rings (SSSR count).